The van der Waals surface area contributed by atoms with Crippen molar-refractivity contribution in [1.29, 1.82) is 0 Å². The second-order valence-corrected chi connectivity index (χ2v) is 6.73. The fraction of sp³-hybridized carbons (Fsp3) is 0.647. The molecule has 116 valence electrons. The molecule has 2 fully saturated rings. The van der Waals surface area contributed by atoms with Crippen molar-refractivity contribution in [3.63, 3.8) is 0 Å². The third-order valence-corrected chi connectivity index (χ3v) is 5.21. The Morgan fingerprint density at radius 1 is 1.05 bits per heavy atom. The molecule has 0 aromatic heterocycles. The van der Waals surface area contributed by atoms with Gasteiger partial charge in [-0.3, -0.25) is 0 Å². The highest BCUT2D eigenvalue weighted by Gasteiger charge is 2.26. The van der Waals surface area contributed by atoms with Crippen LogP contribution in [-0.4, -0.2) is 37.1 Å². The van der Waals surface area contributed by atoms with Gasteiger partial charge >= 0.3 is 0 Å². The lowest BCUT2D eigenvalue weighted by molar-refractivity contribution is 0.141. The molecule has 21 heavy (non-hydrogen) atoms. The predicted molar refractivity (Wildman–Crippen MR) is 90.0 cm³/mol. The largest absolute Gasteiger partial charge is 0.371 e. The number of likely N-dealkylation sites (tertiary alicyclic amines) is 1. The van der Waals surface area contributed by atoms with E-state index < -0.39 is 0 Å². The van der Waals surface area contributed by atoms with E-state index in [1.165, 1.54) is 56.4 Å². The van der Waals surface area contributed by atoms with Crippen molar-refractivity contribution in [2.75, 3.05) is 31.1 Å². The highest BCUT2D eigenvalue weighted by atomic mass is 35.5. The number of nitrogens with two attached hydrogens (primary N) is 1. The second kappa shape index (κ2) is 6.99. The van der Waals surface area contributed by atoms with Gasteiger partial charge < -0.3 is 15.5 Å². The Kier molecular flexibility index (Phi) is 5.04. The lowest BCUT2D eigenvalue weighted by Crippen LogP contribution is -2.47. The van der Waals surface area contributed by atoms with Crippen LogP contribution in [0, 0.1) is 0 Å². The Labute approximate surface area is 133 Å². The third-order valence-electron chi connectivity index (χ3n) is 4.98. The van der Waals surface area contributed by atoms with Crippen molar-refractivity contribution in [3.05, 3.63) is 28.8 Å². The van der Waals surface area contributed by atoms with Gasteiger partial charge in [0.15, 0.2) is 0 Å². The first-order valence-corrected chi connectivity index (χ1v) is 8.63. The van der Waals surface area contributed by atoms with Crippen molar-refractivity contribution in [1.82, 2.24) is 4.90 Å². The van der Waals surface area contributed by atoms with Gasteiger partial charge in [-0.1, -0.05) is 24.1 Å². The molecule has 0 amide bonds. The molecule has 0 bridgehead atoms. The van der Waals surface area contributed by atoms with E-state index in [9.17, 15) is 0 Å². The number of anilines is 1. The minimum atomic E-state index is 0.582. The molecular weight excluding hydrogens is 282 g/mol. The Balaban J connectivity index is 1.64. The first-order valence-electron chi connectivity index (χ1n) is 8.25. The monoisotopic (exact) mass is 307 g/mol. The van der Waals surface area contributed by atoms with Crippen LogP contribution in [-0.2, 0) is 6.54 Å². The molecule has 0 atom stereocenters. The molecule has 2 heterocycles. The molecule has 3 rings (SSSR count). The summed E-state index contributed by atoms with van der Waals surface area (Å²) in [5, 5.41) is 0.806. The number of piperidine rings is 2. The molecule has 1 aromatic carbocycles. The van der Waals surface area contributed by atoms with Crippen LogP contribution in [0.4, 0.5) is 5.69 Å². The lowest BCUT2D eigenvalue weighted by Gasteiger charge is -2.41. The smallest absolute Gasteiger partial charge is 0.0426 e. The van der Waals surface area contributed by atoms with Crippen molar-refractivity contribution in [3.8, 4) is 0 Å². The van der Waals surface area contributed by atoms with Gasteiger partial charge in [0.1, 0.15) is 0 Å². The highest BCUT2D eigenvalue weighted by Crippen LogP contribution is 2.29. The van der Waals surface area contributed by atoms with E-state index in [1.54, 1.807) is 0 Å². The van der Waals surface area contributed by atoms with E-state index >= 15 is 0 Å². The average molecular weight is 308 g/mol. The molecule has 0 radical (unpaired) electrons. The summed E-state index contributed by atoms with van der Waals surface area (Å²) < 4.78 is 0. The predicted octanol–water partition coefficient (Wildman–Crippen LogP) is 3.25. The molecule has 0 unspecified atom stereocenters. The van der Waals surface area contributed by atoms with Gasteiger partial charge in [0, 0.05) is 36.4 Å². The number of rotatable bonds is 3. The summed E-state index contributed by atoms with van der Waals surface area (Å²) in [6, 6.07) is 6.86. The van der Waals surface area contributed by atoms with Gasteiger partial charge in [-0.2, -0.15) is 0 Å². The zero-order valence-corrected chi connectivity index (χ0v) is 13.5. The Hall–Kier alpha value is -0.770. The van der Waals surface area contributed by atoms with Gasteiger partial charge in [-0.05, 0) is 56.5 Å². The van der Waals surface area contributed by atoms with E-state index in [2.05, 4.69) is 21.9 Å². The number of halogens is 1. The van der Waals surface area contributed by atoms with E-state index in [0.717, 1.165) is 24.2 Å². The quantitative estimate of drug-likeness (QED) is 0.930. The maximum atomic E-state index is 6.17. The number of nitrogens with zero attached hydrogens (tertiary/aromatic N) is 2. The fourth-order valence-electron chi connectivity index (χ4n) is 3.76. The van der Waals surface area contributed by atoms with E-state index in [0.29, 0.717) is 6.54 Å². The van der Waals surface area contributed by atoms with Gasteiger partial charge in [0.05, 0.1) is 0 Å². The molecule has 2 N–H and O–H groups in total. The highest BCUT2D eigenvalue weighted by molar-refractivity contribution is 6.30. The van der Waals surface area contributed by atoms with Crippen molar-refractivity contribution in [2.45, 2.75) is 44.7 Å². The van der Waals surface area contributed by atoms with Crippen LogP contribution < -0.4 is 10.6 Å². The van der Waals surface area contributed by atoms with Crippen LogP contribution in [0.2, 0.25) is 5.02 Å². The minimum Gasteiger partial charge on any atom is -0.371 e. The molecule has 2 aliphatic heterocycles. The van der Waals surface area contributed by atoms with Gasteiger partial charge in [-0.15, -0.1) is 0 Å². The lowest BCUT2D eigenvalue weighted by atomic mass is 9.99. The fourth-order valence-corrected chi connectivity index (χ4v) is 3.93. The average Bonchev–Trinajstić information content (AvgIpc) is 2.56. The molecular formula is C17H26ClN3. The standard InChI is InChI=1S/C17H26ClN3/c18-15-5-4-14(13-19)17(12-15)21-10-6-16(7-11-21)20-8-2-1-3-9-20/h4-5,12,16H,1-3,6-11,13,19H2. The van der Waals surface area contributed by atoms with E-state index in [-0.39, 0.29) is 0 Å². The normalized spacial score (nSPS) is 21.7. The van der Waals surface area contributed by atoms with Crippen LogP contribution in [0.5, 0.6) is 0 Å². The van der Waals surface area contributed by atoms with Crippen LogP contribution in [0.3, 0.4) is 0 Å². The second-order valence-electron chi connectivity index (χ2n) is 6.29. The Bertz CT molecular complexity index is 463. The van der Waals surface area contributed by atoms with Crippen LogP contribution in [0.1, 0.15) is 37.7 Å². The topological polar surface area (TPSA) is 32.5 Å². The van der Waals surface area contributed by atoms with Gasteiger partial charge in [0.25, 0.3) is 0 Å². The van der Waals surface area contributed by atoms with E-state index in [4.69, 9.17) is 17.3 Å². The maximum absolute atomic E-state index is 6.17. The summed E-state index contributed by atoms with van der Waals surface area (Å²) in [4.78, 5) is 5.18. The van der Waals surface area contributed by atoms with Gasteiger partial charge in [0.2, 0.25) is 0 Å². The number of hydrogen-bond donors (Lipinski definition) is 1. The molecule has 0 spiro atoms. The molecule has 4 heteroatoms. The van der Waals surface area contributed by atoms with Crippen molar-refractivity contribution in [2.24, 2.45) is 5.73 Å². The van der Waals surface area contributed by atoms with Crippen LogP contribution >= 0.6 is 11.6 Å². The molecule has 1 aromatic rings. The third kappa shape index (κ3) is 3.53. The van der Waals surface area contributed by atoms with Crippen molar-refractivity contribution >= 4 is 17.3 Å². The molecule has 0 saturated carbocycles. The minimum absolute atomic E-state index is 0.582. The molecule has 2 saturated heterocycles. The van der Waals surface area contributed by atoms with Gasteiger partial charge in [-0.25, -0.2) is 0 Å². The summed E-state index contributed by atoms with van der Waals surface area (Å²) in [6.45, 7) is 5.42. The number of hydrogen-bond acceptors (Lipinski definition) is 3. The molecule has 0 aliphatic carbocycles. The van der Waals surface area contributed by atoms with Crippen LogP contribution in [0.15, 0.2) is 18.2 Å². The van der Waals surface area contributed by atoms with Crippen molar-refractivity contribution < 1.29 is 0 Å². The Morgan fingerprint density at radius 3 is 2.43 bits per heavy atom. The number of benzene rings is 1. The first-order chi connectivity index (χ1) is 10.3. The zero-order valence-electron chi connectivity index (χ0n) is 12.7. The maximum Gasteiger partial charge on any atom is 0.0426 e. The first kappa shape index (κ1) is 15.1. The van der Waals surface area contributed by atoms with E-state index in [1.807, 2.05) is 6.07 Å². The molecule has 2 aliphatic rings. The summed E-state index contributed by atoms with van der Waals surface area (Å²) >= 11 is 6.17. The summed E-state index contributed by atoms with van der Waals surface area (Å²) in [5.41, 5.74) is 8.32. The van der Waals surface area contributed by atoms with Crippen LogP contribution in [0.25, 0.3) is 0 Å². The molecule has 3 nitrogen and oxygen atoms in total. The zero-order chi connectivity index (χ0) is 14.7. The Morgan fingerprint density at radius 2 is 1.76 bits per heavy atom. The SMILES string of the molecule is NCc1ccc(Cl)cc1N1CCC(N2CCCCC2)CC1. The summed E-state index contributed by atoms with van der Waals surface area (Å²) in [7, 11) is 0. The summed E-state index contributed by atoms with van der Waals surface area (Å²) in [6.07, 6.45) is 6.70. The summed E-state index contributed by atoms with van der Waals surface area (Å²) in [5.74, 6) is 0.